The lowest BCUT2D eigenvalue weighted by Gasteiger charge is -2.19. The molecule has 102 valence electrons. The summed E-state index contributed by atoms with van der Waals surface area (Å²) in [6, 6.07) is 2.00. The van der Waals surface area contributed by atoms with Crippen molar-refractivity contribution in [2.75, 3.05) is 6.54 Å². The lowest BCUT2D eigenvalue weighted by atomic mass is 10.2. The van der Waals surface area contributed by atoms with Gasteiger partial charge in [0.25, 0.3) is 0 Å². The summed E-state index contributed by atoms with van der Waals surface area (Å²) in [5.74, 6) is 0. The second-order valence-electron chi connectivity index (χ2n) is 4.93. The van der Waals surface area contributed by atoms with Gasteiger partial charge in [0.1, 0.15) is 17.4 Å². The van der Waals surface area contributed by atoms with Crippen LogP contribution in [0.3, 0.4) is 0 Å². The van der Waals surface area contributed by atoms with Gasteiger partial charge in [-0.2, -0.15) is 10.4 Å². The number of amides is 1. The van der Waals surface area contributed by atoms with Crippen molar-refractivity contribution >= 4 is 12.2 Å². The second-order valence-corrected chi connectivity index (χ2v) is 4.93. The summed E-state index contributed by atoms with van der Waals surface area (Å²) < 4.78 is 5.09. The summed E-state index contributed by atoms with van der Waals surface area (Å²) in [5.41, 5.74) is 0.675. The second kappa shape index (κ2) is 6.59. The number of H-pyrrole nitrogens is 1. The molecule has 0 aliphatic carbocycles. The molecule has 19 heavy (non-hydrogen) atoms. The van der Waals surface area contributed by atoms with Crippen LogP contribution in [0.25, 0.3) is 6.08 Å². The van der Waals surface area contributed by atoms with Crippen molar-refractivity contribution in [3.63, 3.8) is 0 Å². The number of carbonyl (C=O) groups is 1. The summed E-state index contributed by atoms with van der Waals surface area (Å²) in [6.45, 7) is 5.92. The Morgan fingerprint density at radius 2 is 2.37 bits per heavy atom. The molecule has 0 spiro atoms. The first-order chi connectivity index (χ1) is 8.92. The van der Waals surface area contributed by atoms with Crippen molar-refractivity contribution < 1.29 is 9.53 Å². The SMILES string of the molecule is CC(C)(C)OC(=O)NCCC=Cc1cn[nH]c1C#N. The van der Waals surface area contributed by atoms with E-state index >= 15 is 0 Å². The molecule has 1 rings (SSSR count). The predicted molar refractivity (Wildman–Crippen MR) is 71.2 cm³/mol. The number of ether oxygens (including phenoxy) is 1. The highest BCUT2D eigenvalue weighted by molar-refractivity contribution is 5.67. The molecule has 6 nitrogen and oxygen atoms in total. The zero-order valence-corrected chi connectivity index (χ0v) is 11.4. The number of aromatic nitrogens is 2. The van der Waals surface area contributed by atoms with Crippen molar-refractivity contribution in [2.45, 2.75) is 32.8 Å². The molecule has 6 heteroatoms. The lowest BCUT2D eigenvalue weighted by molar-refractivity contribution is 0.0529. The fourth-order valence-corrected chi connectivity index (χ4v) is 1.29. The quantitative estimate of drug-likeness (QED) is 0.814. The number of nitrogens with one attached hydrogen (secondary N) is 2. The maximum atomic E-state index is 11.3. The fraction of sp³-hybridized carbons (Fsp3) is 0.462. The van der Waals surface area contributed by atoms with Crippen LogP contribution in [0.4, 0.5) is 4.79 Å². The standard InChI is InChI=1S/C13H18N4O2/c1-13(2,3)19-12(18)15-7-5-4-6-10-9-16-17-11(10)8-14/h4,6,9H,5,7H2,1-3H3,(H,15,18)(H,16,17). The summed E-state index contributed by atoms with van der Waals surface area (Å²) in [5, 5.41) is 17.8. The maximum Gasteiger partial charge on any atom is 0.407 e. The number of hydrogen-bond donors (Lipinski definition) is 2. The van der Waals surface area contributed by atoms with E-state index in [9.17, 15) is 4.79 Å². The Hall–Kier alpha value is -2.29. The van der Waals surface area contributed by atoms with Crippen LogP contribution in [-0.2, 0) is 4.74 Å². The van der Waals surface area contributed by atoms with Crippen LogP contribution in [-0.4, -0.2) is 28.4 Å². The molecule has 1 aromatic heterocycles. The number of aromatic amines is 1. The predicted octanol–water partition coefficient (Wildman–Crippen LogP) is 2.21. The van der Waals surface area contributed by atoms with E-state index in [2.05, 4.69) is 15.5 Å². The largest absolute Gasteiger partial charge is 0.444 e. The van der Waals surface area contributed by atoms with Gasteiger partial charge in [-0.05, 0) is 27.2 Å². The molecule has 0 unspecified atom stereocenters. The van der Waals surface area contributed by atoms with Crippen molar-refractivity contribution in [2.24, 2.45) is 0 Å². The molecule has 0 fully saturated rings. The number of nitriles is 1. The smallest absolute Gasteiger partial charge is 0.407 e. The molecular weight excluding hydrogens is 244 g/mol. The van der Waals surface area contributed by atoms with Crippen LogP contribution in [0.1, 0.15) is 38.4 Å². The van der Waals surface area contributed by atoms with Gasteiger partial charge in [-0.3, -0.25) is 5.10 Å². The highest BCUT2D eigenvalue weighted by atomic mass is 16.6. The highest BCUT2D eigenvalue weighted by Crippen LogP contribution is 2.07. The Morgan fingerprint density at radius 1 is 1.63 bits per heavy atom. The fourth-order valence-electron chi connectivity index (χ4n) is 1.29. The third kappa shape index (κ3) is 5.73. The molecular formula is C13H18N4O2. The van der Waals surface area contributed by atoms with Crippen LogP contribution in [0.5, 0.6) is 0 Å². The van der Waals surface area contributed by atoms with Crippen LogP contribution in [0, 0.1) is 11.3 Å². The van der Waals surface area contributed by atoms with Crippen LogP contribution in [0.15, 0.2) is 12.3 Å². The van der Waals surface area contributed by atoms with Gasteiger partial charge in [-0.25, -0.2) is 4.79 Å². The van der Waals surface area contributed by atoms with Gasteiger partial charge < -0.3 is 10.1 Å². The summed E-state index contributed by atoms with van der Waals surface area (Å²) >= 11 is 0. The molecule has 0 saturated carbocycles. The average Bonchev–Trinajstić information content (AvgIpc) is 2.73. The summed E-state index contributed by atoms with van der Waals surface area (Å²) in [4.78, 5) is 11.3. The third-order valence-electron chi connectivity index (χ3n) is 2.06. The Kier molecular flexibility index (Phi) is 5.12. The van der Waals surface area contributed by atoms with E-state index in [1.165, 1.54) is 0 Å². The van der Waals surface area contributed by atoms with E-state index in [0.717, 1.165) is 5.56 Å². The molecule has 0 saturated heterocycles. The van der Waals surface area contributed by atoms with Gasteiger partial charge in [-0.15, -0.1) is 0 Å². The van der Waals surface area contributed by atoms with Crippen LogP contribution < -0.4 is 5.32 Å². The first kappa shape index (κ1) is 14.8. The Labute approximate surface area is 112 Å². The normalized spacial score (nSPS) is 11.3. The van der Waals surface area contributed by atoms with Gasteiger partial charge in [0.05, 0.1) is 6.20 Å². The van der Waals surface area contributed by atoms with E-state index in [1.807, 2.05) is 32.9 Å². The zero-order chi connectivity index (χ0) is 14.3. The summed E-state index contributed by atoms with van der Waals surface area (Å²) in [6.07, 6.45) is 5.45. The third-order valence-corrected chi connectivity index (χ3v) is 2.06. The molecule has 1 amide bonds. The molecule has 1 aromatic rings. The number of hydrogen-bond acceptors (Lipinski definition) is 4. The molecule has 0 atom stereocenters. The highest BCUT2D eigenvalue weighted by Gasteiger charge is 2.15. The van der Waals surface area contributed by atoms with E-state index in [4.69, 9.17) is 10.00 Å². The van der Waals surface area contributed by atoms with E-state index in [-0.39, 0.29) is 0 Å². The molecule has 0 aliphatic heterocycles. The number of nitrogens with zero attached hydrogens (tertiary/aromatic N) is 2. The molecule has 0 radical (unpaired) electrons. The van der Waals surface area contributed by atoms with Crippen molar-refractivity contribution in [3.05, 3.63) is 23.5 Å². The minimum absolute atomic E-state index is 0.427. The number of alkyl carbamates (subject to hydrolysis) is 1. The molecule has 2 N–H and O–H groups in total. The minimum atomic E-state index is -0.488. The monoisotopic (exact) mass is 262 g/mol. The molecule has 0 aliphatic rings. The Bertz CT molecular complexity index is 491. The van der Waals surface area contributed by atoms with Gasteiger partial charge in [0.2, 0.25) is 0 Å². The molecule has 0 bridgehead atoms. The van der Waals surface area contributed by atoms with Crippen molar-refractivity contribution in [1.29, 1.82) is 5.26 Å². The van der Waals surface area contributed by atoms with Gasteiger partial charge in [0.15, 0.2) is 0 Å². The van der Waals surface area contributed by atoms with Gasteiger partial charge >= 0.3 is 6.09 Å². The Balaban J connectivity index is 2.28. The number of carbonyl (C=O) groups excluding carboxylic acids is 1. The summed E-state index contributed by atoms with van der Waals surface area (Å²) in [7, 11) is 0. The van der Waals surface area contributed by atoms with E-state index in [0.29, 0.717) is 18.7 Å². The van der Waals surface area contributed by atoms with Crippen molar-refractivity contribution in [1.82, 2.24) is 15.5 Å². The zero-order valence-electron chi connectivity index (χ0n) is 11.4. The first-order valence-corrected chi connectivity index (χ1v) is 5.99. The first-order valence-electron chi connectivity index (χ1n) is 5.99. The van der Waals surface area contributed by atoms with Crippen LogP contribution >= 0.6 is 0 Å². The number of rotatable bonds is 4. The van der Waals surface area contributed by atoms with Crippen LogP contribution in [0.2, 0.25) is 0 Å². The lowest BCUT2D eigenvalue weighted by Crippen LogP contribution is -2.32. The maximum absolute atomic E-state index is 11.3. The van der Waals surface area contributed by atoms with Gasteiger partial charge in [-0.1, -0.05) is 12.2 Å². The average molecular weight is 262 g/mol. The van der Waals surface area contributed by atoms with Crippen molar-refractivity contribution in [3.8, 4) is 6.07 Å². The topological polar surface area (TPSA) is 90.8 Å². The van der Waals surface area contributed by atoms with Gasteiger partial charge in [0, 0.05) is 12.1 Å². The minimum Gasteiger partial charge on any atom is -0.444 e. The van der Waals surface area contributed by atoms with E-state index in [1.54, 1.807) is 12.3 Å². The molecule has 1 heterocycles. The van der Waals surface area contributed by atoms with E-state index < -0.39 is 11.7 Å². The Morgan fingerprint density at radius 3 is 3.00 bits per heavy atom. The molecule has 0 aromatic carbocycles.